The SMILES string of the molecule is O=C(O)C(CCC(c1ccccc1)c1ccccc1)C(=O)COCCc1ccccn1. The summed E-state index contributed by atoms with van der Waals surface area (Å²) in [4.78, 5) is 28.6. The smallest absolute Gasteiger partial charge is 0.314 e. The summed E-state index contributed by atoms with van der Waals surface area (Å²) >= 11 is 0. The van der Waals surface area contributed by atoms with Gasteiger partial charge in [-0.15, -0.1) is 0 Å². The van der Waals surface area contributed by atoms with Crippen LogP contribution in [0.5, 0.6) is 0 Å². The average molecular weight is 418 g/mol. The summed E-state index contributed by atoms with van der Waals surface area (Å²) < 4.78 is 5.45. The van der Waals surface area contributed by atoms with Gasteiger partial charge in [0, 0.05) is 24.2 Å². The Morgan fingerprint density at radius 2 is 1.45 bits per heavy atom. The van der Waals surface area contributed by atoms with E-state index in [4.69, 9.17) is 4.74 Å². The van der Waals surface area contributed by atoms with E-state index in [0.29, 0.717) is 19.4 Å². The lowest BCUT2D eigenvalue weighted by Crippen LogP contribution is -2.28. The van der Waals surface area contributed by atoms with Crippen molar-refractivity contribution in [3.8, 4) is 0 Å². The largest absolute Gasteiger partial charge is 0.481 e. The van der Waals surface area contributed by atoms with Crippen LogP contribution in [0.2, 0.25) is 0 Å². The first-order chi connectivity index (χ1) is 15.1. The first kappa shape index (κ1) is 22.4. The van der Waals surface area contributed by atoms with Crippen molar-refractivity contribution in [1.82, 2.24) is 4.98 Å². The molecule has 0 aliphatic rings. The third-order valence-corrected chi connectivity index (χ3v) is 5.31. The molecule has 1 aromatic heterocycles. The molecule has 0 radical (unpaired) electrons. The van der Waals surface area contributed by atoms with Gasteiger partial charge >= 0.3 is 5.97 Å². The number of hydrogen-bond acceptors (Lipinski definition) is 4. The van der Waals surface area contributed by atoms with Crippen LogP contribution in [0.3, 0.4) is 0 Å². The number of pyridine rings is 1. The zero-order valence-electron chi connectivity index (χ0n) is 17.4. The predicted molar refractivity (Wildman–Crippen MR) is 119 cm³/mol. The van der Waals surface area contributed by atoms with E-state index in [1.54, 1.807) is 6.20 Å². The molecule has 0 aliphatic heterocycles. The zero-order valence-corrected chi connectivity index (χ0v) is 17.4. The van der Waals surface area contributed by atoms with Crippen molar-refractivity contribution >= 4 is 11.8 Å². The highest BCUT2D eigenvalue weighted by Gasteiger charge is 2.27. The quantitative estimate of drug-likeness (QED) is 0.346. The van der Waals surface area contributed by atoms with Crippen molar-refractivity contribution in [1.29, 1.82) is 0 Å². The van der Waals surface area contributed by atoms with E-state index >= 15 is 0 Å². The number of ketones is 1. The van der Waals surface area contributed by atoms with Crippen molar-refractivity contribution in [3.05, 3.63) is 102 Å². The van der Waals surface area contributed by atoms with Gasteiger partial charge in [-0.05, 0) is 36.1 Å². The minimum absolute atomic E-state index is 0.0297. The molecule has 0 aliphatic carbocycles. The van der Waals surface area contributed by atoms with Gasteiger partial charge in [-0.25, -0.2) is 0 Å². The Balaban J connectivity index is 1.58. The van der Waals surface area contributed by atoms with Crippen LogP contribution in [0.15, 0.2) is 85.1 Å². The Morgan fingerprint density at radius 1 is 0.839 bits per heavy atom. The molecule has 5 heteroatoms. The number of benzene rings is 2. The van der Waals surface area contributed by atoms with Gasteiger partial charge in [0.25, 0.3) is 0 Å². The number of carbonyl (C=O) groups is 2. The number of carbonyl (C=O) groups excluding carboxylic acids is 1. The average Bonchev–Trinajstić information content (AvgIpc) is 2.81. The minimum Gasteiger partial charge on any atom is -0.481 e. The van der Waals surface area contributed by atoms with Crippen molar-refractivity contribution in [2.24, 2.45) is 5.92 Å². The molecule has 31 heavy (non-hydrogen) atoms. The molecule has 3 aromatic rings. The normalized spacial score (nSPS) is 11.9. The van der Waals surface area contributed by atoms with Crippen LogP contribution in [-0.2, 0) is 20.7 Å². The van der Waals surface area contributed by atoms with Gasteiger partial charge < -0.3 is 9.84 Å². The molecule has 3 rings (SSSR count). The fourth-order valence-corrected chi connectivity index (χ4v) is 3.65. The Bertz CT molecular complexity index is 905. The Morgan fingerprint density at radius 3 is 2.00 bits per heavy atom. The van der Waals surface area contributed by atoms with Crippen molar-refractivity contribution in [2.45, 2.75) is 25.2 Å². The molecule has 1 heterocycles. The van der Waals surface area contributed by atoms with Crippen molar-refractivity contribution < 1.29 is 19.4 Å². The molecule has 0 bridgehead atoms. The first-order valence-corrected chi connectivity index (χ1v) is 10.5. The second kappa shape index (κ2) is 11.8. The van der Waals surface area contributed by atoms with Gasteiger partial charge in [-0.1, -0.05) is 66.7 Å². The fourth-order valence-electron chi connectivity index (χ4n) is 3.65. The summed E-state index contributed by atoms with van der Waals surface area (Å²) in [7, 11) is 0. The lowest BCUT2D eigenvalue weighted by molar-refractivity contribution is -0.148. The summed E-state index contributed by atoms with van der Waals surface area (Å²) in [5, 5.41) is 9.65. The Labute approximate surface area is 182 Å². The van der Waals surface area contributed by atoms with E-state index in [1.165, 1.54) is 0 Å². The number of ether oxygens (including phenoxy) is 1. The minimum atomic E-state index is -1.10. The van der Waals surface area contributed by atoms with E-state index in [9.17, 15) is 14.7 Å². The molecule has 160 valence electrons. The maximum Gasteiger partial charge on any atom is 0.314 e. The van der Waals surface area contributed by atoms with Crippen LogP contribution in [0.1, 0.15) is 35.6 Å². The van der Waals surface area contributed by atoms with E-state index in [-0.39, 0.29) is 18.9 Å². The molecule has 1 N–H and O–H groups in total. The summed E-state index contributed by atoms with van der Waals surface area (Å²) in [5.74, 6) is -2.54. The van der Waals surface area contributed by atoms with Crippen molar-refractivity contribution in [3.63, 3.8) is 0 Å². The number of hydrogen-bond donors (Lipinski definition) is 1. The molecule has 0 amide bonds. The molecular weight excluding hydrogens is 390 g/mol. The predicted octanol–water partition coefficient (Wildman–Crippen LogP) is 4.52. The van der Waals surface area contributed by atoms with Gasteiger partial charge in [0.05, 0.1) is 6.61 Å². The van der Waals surface area contributed by atoms with E-state index in [0.717, 1.165) is 16.8 Å². The number of aliphatic carboxylic acids is 1. The van der Waals surface area contributed by atoms with Gasteiger partial charge in [0.15, 0.2) is 5.78 Å². The lowest BCUT2D eigenvalue weighted by atomic mass is 9.84. The van der Waals surface area contributed by atoms with Crippen molar-refractivity contribution in [2.75, 3.05) is 13.2 Å². The molecule has 5 nitrogen and oxygen atoms in total. The van der Waals surface area contributed by atoms with E-state index in [1.807, 2.05) is 78.9 Å². The van der Waals surface area contributed by atoms with Crippen LogP contribution in [-0.4, -0.2) is 35.1 Å². The Hall–Kier alpha value is -3.31. The van der Waals surface area contributed by atoms with Crippen LogP contribution in [0.25, 0.3) is 0 Å². The van der Waals surface area contributed by atoms with Crippen LogP contribution in [0, 0.1) is 5.92 Å². The van der Waals surface area contributed by atoms with Crippen LogP contribution in [0.4, 0.5) is 0 Å². The third-order valence-electron chi connectivity index (χ3n) is 5.31. The number of rotatable bonds is 12. The highest BCUT2D eigenvalue weighted by Crippen LogP contribution is 2.30. The van der Waals surface area contributed by atoms with Gasteiger partial charge in [-0.3, -0.25) is 14.6 Å². The van der Waals surface area contributed by atoms with Crippen LogP contribution < -0.4 is 0 Å². The monoisotopic (exact) mass is 417 g/mol. The van der Waals surface area contributed by atoms with Crippen LogP contribution >= 0.6 is 0 Å². The molecule has 2 aromatic carbocycles. The summed E-state index contributed by atoms with van der Waals surface area (Å²) in [6, 6.07) is 25.6. The second-order valence-electron chi connectivity index (χ2n) is 7.43. The van der Waals surface area contributed by atoms with Gasteiger partial charge in [-0.2, -0.15) is 0 Å². The number of aromatic nitrogens is 1. The maximum atomic E-state index is 12.6. The van der Waals surface area contributed by atoms with E-state index < -0.39 is 17.7 Å². The fraction of sp³-hybridized carbons (Fsp3) is 0.269. The van der Waals surface area contributed by atoms with E-state index in [2.05, 4.69) is 4.98 Å². The van der Waals surface area contributed by atoms with Gasteiger partial charge in [0.1, 0.15) is 12.5 Å². The highest BCUT2D eigenvalue weighted by atomic mass is 16.5. The Kier molecular flexibility index (Phi) is 8.49. The third kappa shape index (κ3) is 6.86. The summed E-state index contributed by atoms with van der Waals surface area (Å²) in [5.41, 5.74) is 3.09. The maximum absolute atomic E-state index is 12.6. The molecule has 0 saturated heterocycles. The molecule has 0 fully saturated rings. The standard InChI is InChI=1S/C26H27NO4/c28-25(19-31-18-16-22-13-7-8-17-27-22)24(26(29)30)15-14-23(20-9-3-1-4-10-20)21-11-5-2-6-12-21/h1-13,17,23-24H,14-16,18-19H2,(H,29,30). The molecule has 1 unspecified atom stereocenters. The number of carboxylic acids is 1. The lowest BCUT2D eigenvalue weighted by Gasteiger charge is -2.20. The number of Topliss-reactive ketones (excluding diaryl/α,β-unsaturated/α-hetero) is 1. The summed E-state index contributed by atoms with van der Waals surface area (Å²) in [6.45, 7) is 0.122. The number of nitrogens with zero attached hydrogens (tertiary/aromatic N) is 1. The highest BCUT2D eigenvalue weighted by molar-refractivity contribution is 5.98. The number of carboxylic acid groups (broad SMARTS) is 1. The zero-order chi connectivity index (χ0) is 21.9. The van der Waals surface area contributed by atoms with Gasteiger partial charge in [0.2, 0.25) is 0 Å². The molecular formula is C26H27NO4. The molecule has 0 saturated carbocycles. The molecule has 0 spiro atoms. The second-order valence-corrected chi connectivity index (χ2v) is 7.43. The first-order valence-electron chi connectivity index (χ1n) is 10.5. The summed E-state index contributed by atoms with van der Waals surface area (Å²) in [6.07, 6.45) is 3.10. The molecule has 1 atom stereocenters. The topological polar surface area (TPSA) is 76.5 Å².